The molecule has 0 saturated carbocycles. The Morgan fingerprint density at radius 3 is 2.00 bits per heavy atom. The molecule has 1 aliphatic rings. The molecule has 1 heterocycles. The first-order chi connectivity index (χ1) is 14.1. The number of fused-ring (bicyclic) bond motifs is 2. The van der Waals surface area contributed by atoms with Crippen molar-refractivity contribution in [1.82, 2.24) is 5.43 Å². The molecule has 4 nitrogen and oxygen atoms in total. The highest BCUT2D eigenvalue weighted by molar-refractivity contribution is 6.33. The molecule has 1 aliphatic heterocycles. The van der Waals surface area contributed by atoms with Crippen molar-refractivity contribution in [1.29, 1.82) is 0 Å². The van der Waals surface area contributed by atoms with Crippen molar-refractivity contribution in [2.45, 2.75) is 0 Å². The second kappa shape index (κ2) is 6.76. The topological polar surface area (TPSA) is 49.4 Å². The molecule has 2 amide bonds. The van der Waals surface area contributed by atoms with Gasteiger partial charge in [0.05, 0.1) is 5.69 Å². The maximum Gasteiger partial charge on any atom is 0.282 e. The molecule has 4 aromatic rings. The van der Waals surface area contributed by atoms with Gasteiger partial charge in [0.1, 0.15) is 5.57 Å². The van der Waals surface area contributed by atoms with Crippen LogP contribution in [0.1, 0.15) is 5.56 Å². The maximum atomic E-state index is 13.0. The highest BCUT2D eigenvalue weighted by atomic mass is 35.5. The van der Waals surface area contributed by atoms with E-state index in [2.05, 4.69) is 11.5 Å². The first-order valence-corrected chi connectivity index (χ1v) is 9.53. The first-order valence-electron chi connectivity index (χ1n) is 9.15. The van der Waals surface area contributed by atoms with E-state index in [-0.39, 0.29) is 5.57 Å². The van der Waals surface area contributed by atoms with E-state index in [9.17, 15) is 9.59 Å². The minimum Gasteiger partial charge on any atom is -0.267 e. The fourth-order valence-electron chi connectivity index (χ4n) is 3.68. The second-order valence-corrected chi connectivity index (χ2v) is 7.28. The monoisotopic (exact) mass is 398 g/mol. The molecular weight excluding hydrogens is 384 g/mol. The Hall–Kier alpha value is -3.63. The zero-order valence-corrected chi connectivity index (χ0v) is 16.0. The van der Waals surface area contributed by atoms with Gasteiger partial charge in [-0.05, 0) is 63.5 Å². The van der Waals surface area contributed by atoms with Gasteiger partial charge in [-0.1, -0.05) is 60.1 Å². The van der Waals surface area contributed by atoms with Crippen LogP contribution in [0.15, 0.2) is 84.4 Å². The highest BCUT2D eigenvalue weighted by Gasteiger charge is 2.34. The van der Waals surface area contributed by atoms with Gasteiger partial charge < -0.3 is 0 Å². The van der Waals surface area contributed by atoms with Crippen LogP contribution >= 0.6 is 11.6 Å². The Labute approximate surface area is 172 Å². The second-order valence-electron chi connectivity index (χ2n) is 6.85. The number of nitrogens with zero attached hydrogens (tertiary/aromatic N) is 1. The fourth-order valence-corrected chi connectivity index (χ4v) is 3.80. The van der Waals surface area contributed by atoms with Crippen molar-refractivity contribution in [3.8, 4) is 0 Å². The molecule has 0 spiro atoms. The molecule has 0 radical (unpaired) electrons. The summed E-state index contributed by atoms with van der Waals surface area (Å²) in [6.45, 7) is 0. The summed E-state index contributed by atoms with van der Waals surface area (Å²) in [5.74, 6) is -0.823. The van der Waals surface area contributed by atoms with Crippen LogP contribution in [0.5, 0.6) is 0 Å². The lowest BCUT2D eigenvalue weighted by molar-refractivity contribution is -0.117. The smallest absolute Gasteiger partial charge is 0.267 e. The van der Waals surface area contributed by atoms with E-state index in [4.69, 9.17) is 11.6 Å². The van der Waals surface area contributed by atoms with Crippen molar-refractivity contribution in [3.63, 3.8) is 0 Å². The van der Waals surface area contributed by atoms with Crippen molar-refractivity contribution in [2.75, 3.05) is 5.01 Å². The van der Waals surface area contributed by atoms with Gasteiger partial charge in [-0.2, -0.15) is 0 Å². The number of anilines is 1. The molecule has 140 valence electrons. The molecule has 1 fully saturated rings. The fraction of sp³-hybridized carbons (Fsp3) is 0. The van der Waals surface area contributed by atoms with Crippen LogP contribution in [0.2, 0.25) is 5.02 Å². The Morgan fingerprint density at radius 2 is 1.38 bits per heavy atom. The molecule has 1 saturated heterocycles. The summed E-state index contributed by atoms with van der Waals surface area (Å²) < 4.78 is 0. The van der Waals surface area contributed by atoms with Gasteiger partial charge in [0.2, 0.25) is 0 Å². The third-order valence-electron chi connectivity index (χ3n) is 5.08. The van der Waals surface area contributed by atoms with E-state index in [1.807, 2.05) is 48.5 Å². The zero-order chi connectivity index (χ0) is 20.0. The van der Waals surface area contributed by atoms with Gasteiger partial charge in [-0.3, -0.25) is 15.0 Å². The van der Waals surface area contributed by atoms with Crippen molar-refractivity contribution >= 4 is 56.7 Å². The van der Waals surface area contributed by atoms with Gasteiger partial charge in [0.15, 0.2) is 0 Å². The Bertz CT molecular complexity index is 1270. The van der Waals surface area contributed by atoms with E-state index in [1.165, 1.54) is 5.01 Å². The minimum atomic E-state index is -0.429. The van der Waals surface area contributed by atoms with Crippen LogP contribution in [-0.4, -0.2) is 11.8 Å². The molecular formula is C24H15ClN2O2. The van der Waals surface area contributed by atoms with E-state index >= 15 is 0 Å². The lowest BCUT2D eigenvalue weighted by Crippen LogP contribution is -2.35. The molecule has 0 bridgehead atoms. The number of carbonyl (C=O) groups excluding carboxylic acids is 2. The summed E-state index contributed by atoms with van der Waals surface area (Å²) in [5.41, 5.74) is 4.15. The summed E-state index contributed by atoms with van der Waals surface area (Å²) >= 11 is 5.93. The minimum absolute atomic E-state index is 0.0986. The number of hydrogen-bond donors (Lipinski definition) is 1. The molecule has 1 N–H and O–H groups in total. The Morgan fingerprint density at radius 1 is 0.793 bits per heavy atom. The maximum absolute atomic E-state index is 13.0. The van der Waals surface area contributed by atoms with Crippen LogP contribution in [0.3, 0.4) is 0 Å². The van der Waals surface area contributed by atoms with Gasteiger partial charge in [0.25, 0.3) is 11.8 Å². The van der Waals surface area contributed by atoms with E-state index in [1.54, 1.807) is 30.3 Å². The third-order valence-corrected chi connectivity index (χ3v) is 5.33. The summed E-state index contributed by atoms with van der Waals surface area (Å²) in [4.78, 5) is 25.7. The standard InChI is InChI=1S/C24H15ClN2O2/c25-17-9-11-18(12-10-17)27-24(29)22(23(28)26-27)14-21-19-7-3-1-5-15(19)13-16-6-2-4-8-20(16)21/h1-14H,(H,26,28). The van der Waals surface area contributed by atoms with Crippen LogP contribution < -0.4 is 10.4 Å². The van der Waals surface area contributed by atoms with E-state index in [0.717, 1.165) is 27.1 Å². The Balaban J connectivity index is 1.68. The number of halogens is 1. The Kier molecular flexibility index (Phi) is 4.07. The lowest BCUT2D eigenvalue weighted by Gasteiger charge is -2.14. The molecule has 0 aliphatic carbocycles. The molecule has 5 heteroatoms. The lowest BCUT2D eigenvalue weighted by atomic mass is 9.95. The summed E-state index contributed by atoms with van der Waals surface area (Å²) in [5, 5.41) is 5.90. The number of nitrogens with one attached hydrogen (secondary N) is 1. The predicted molar refractivity (Wildman–Crippen MR) is 117 cm³/mol. The molecule has 29 heavy (non-hydrogen) atoms. The largest absolute Gasteiger partial charge is 0.282 e. The molecule has 0 unspecified atom stereocenters. The molecule has 0 atom stereocenters. The SMILES string of the molecule is O=C1NN(c2ccc(Cl)cc2)C(=O)C1=Cc1c2ccccc2cc2ccccc12. The first kappa shape index (κ1) is 17.5. The average molecular weight is 399 g/mol. The van der Waals surface area contributed by atoms with Crippen molar-refractivity contribution < 1.29 is 9.59 Å². The zero-order valence-electron chi connectivity index (χ0n) is 15.2. The van der Waals surface area contributed by atoms with E-state index in [0.29, 0.717) is 10.7 Å². The molecule has 0 aromatic heterocycles. The van der Waals surface area contributed by atoms with Gasteiger partial charge in [-0.25, -0.2) is 5.01 Å². The predicted octanol–water partition coefficient (Wildman–Crippen LogP) is 5.11. The number of amides is 2. The van der Waals surface area contributed by atoms with Gasteiger partial charge in [-0.15, -0.1) is 0 Å². The normalized spacial score (nSPS) is 15.5. The molecule has 4 aromatic carbocycles. The summed E-state index contributed by atoms with van der Waals surface area (Å²) in [6.07, 6.45) is 1.69. The number of hydrogen-bond acceptors (Lipinski definition) is 2. The number of benzene rings is 4. The van der Waals surface area contributed by atoms with Crippen LogP contribution in [0.4, 0.5) is 5.69 Å². The van der Waals surface area contributed by atoms with E-state index < -0.39 is 11.8 Å². The number of rotatable bonds is 2. The summed E-state index contributed by atoms with van der Waals surface area (Å²) in [7, 11) is 0. The van der Waals surface area contributed by atoms with Crippen molar-refractivity contribution in [2.24, 2.45) is 0 Å². The quantitative estimate of drug-likeness (QED) is 0.290. The highest BCUT2D eigenvalue weighted by Crippen LogP contribution is 2.31. The van der Waals surface area contributed by atoms with Crippen molar-refractivity contribution in [3.05, 3.63) is 95.0 Å². The number of carbonyl (C=O) groups is 2. The molecule has 5 rings (SSSR count). The number of hydrazine groups is 1. The van der Waals surface area contributed by atoms with Crippen LogP contribution in [0, 0.1) is 0 Å². The van der Waals surface area contributed by atoms with Crippen LogP contribution in [-0.2, 0) is 9.59 Å². The third kappa shape index (κ3) is 2.94. The average Bonchev–Trinajstić information content (AvgIpc) is 3.02. The van der Waals surface area contributed by atoms with Crippen LogP contribution in [0.25, 0.3) is 27.6 Å². The van der Waals surface area contributed by atoms with Gasteiger partial charge >= 0.3 is 0 Å². The van der Waals surface area contributed by atoms with Gasteiger partial charge in [0, 0.05) is 5.02 Å². The summed E-state index contributed by atoms with van der Waals surface area (Å²) in [6, 6.07) is 24.8.